The zero-order chi connectivity index (χ0) is 10.8. The van der Waals surface area contributed by atoms with Crippen molar-refractivity contribution >= 4 is 11.7 Å². The Morgan fingerprint density at radius 3 is 2.14 bits per heavy atom. The van der Waals surface area contributed by atoms with Crippen molar-refractivity contribution in [3.05, 3.63) is 0 Å². The molecule has 3 heteroatoms. The summed E-state index contributed by atoms with van der Waals surface area (Å²) in [5.41, 5.74) is 4.97. The standard InChI is InChI=1S/C11H21NO2/c1-2-3-4-5-7-10(13)8-6-9-11(12)14/h2-9H2,1H3,(H2,12,14). The Morgan fingerprint density at radius 2 is 1.57 bits per heavy atom. The Labute approximate surface area is 86.1 Å². The zero-order valence-corrected chi connectivity index (χ0v) is 9.05. The third-order valence-corrected chi connectivity index (χ3v) is 2.19. The van der Waals surface area contributed by atoms with Gasteiger partial charge in [-0.25, -0.2) is 0 Å². The maximum atomic E-state index is 11.2. The van der Waals surface area contributed by atoms with Crippen LogP contribution in [0.25, 0.3) is 0 Å². The average molecular weight is 199 g/mol. The fourth-order valence-corrected chi connectivity index (χ4v) is 1.33. The zero-order valence-electron chi connectivity index (χ0n) is 9.05. The lowest BCUT2D eigenvalue weighted by atomic mass is 10.1. The Morgan fingerprint density at radius 1 is 0.929 bits per heavy atom. The predicted molar refractivity (Wildman–Crippen MR) is 56.8 cm³/mol. The number of rotatable bonds is 9. The maximum Gasteiger partial charge on any atom is 0.217 e. The van der Waals surface area contributed by atoms with Gasteiger partial charge in [-0.1, -0.05) is 26.2 Å². The molecule has 0 heterocycles. The second kappa shape index (κ2) is 8.73. The van der Waals surface area contributed by atoms with Gasteiger partial charge in [0.05, 0.1) is 0 Å². The molecule has 0 saturated carbocycles. The fraction of sp³-hybridized carbons (Fsp3) is 0.818. The summed E-state index contributed by atoms with van der Waals surface area (Å²) in [6.45, 7) is 2.15. The first-order valence-corrected chi connectivity index (χ1v) is 5.46. The molecule has 1 amide bonds. The highest BCUT2D eigenvalue weighted by Gasteiger charge is 2.02. The van der Waals surface area contributed by atoms with Gasteiger partial charge >= 0.3 is 0 Å². The molecule has 0 rings (SSSR count). The summed E-state index contributed by atoms with van der Waals surface area (Å²) < 4.78 is 0. The van der Waals surface area contributed by atoms with Crippen molar-refractivity contribution in [2.24, 2.45) is 5.73 Å². The molecular weight excluding hydrogens is 178 g/mol. The van der Waals surface area contributed by atoms with Gasteiger partial charge < -0.3 is 5.73 Å². The van der Waals surface area contributed by atoms with E-state index in [9.17, 15) is 9.59 Å². The van der Waals surface area contributed by atoms with E-state index in [0.29, 0.717) is 25.7 Å². The van der Waals surface area contributed by atoms with Gasteiger partial charge in [-0.2, -0.15) is 0 Å². The maximum absolute atomic E-state index is 11.2. The molecule has 0 fully saturated rings. The molecule has 0 atom stereocenters. The van der Waals surface area contributed by atoms with E-state index in [1.165, 1.54) is 12.8 Å². The largest absolute Gasteiger partial charge is 0.370 e. The second-order valence-electron chi connectivity index (χ2n) is 3.67. The van der Waals surface area contributed by atoms with Crippen LogP contribution in [0, 0.1) is 0 Å². The molecule has 0 bridgehead atoms. The van der Waals surface area contributed by atoms with Crippen molar-refractivity contribution in [3.8, 4) is 0 Å². The summed E-state index contributed by atoms with van der Waals surface area (Å²) in [4.78, 5) is 21.6. The summed E-state index contributed by atoms with van der Waals surface area (Å²) in [7, 11) is 0. The van der Waals surface area contributed by atoms with Crippen LogP contribution in [0.1, 0.15) is 58.3 Å². The van der Waals surface area contributed by atoms with E-state index in [0.717, 1.165) is 12.8 Å². The Bertz CT molecular complexity index is 178. The smallest absolute Gasteiger partial charge is 0.217 e. The highest BCUT2D eigenvalue weighted by atomic mass is 16.1. The second-order valence-corrected chi connectivity index (χ2v) is 3.67. The lowest BCUT2D eigenvalue weighted by molar-refractivity contribution is -0.120. The van der Waals surface area contributed by atoms with E-state index in [2.05, 4.69) is 6.92 Å². The first kappa shape index (κ1) is 13.1. The van der Waals surface area contributed by atoms with Gasteiger partial charge in [-0.05, 0) is 12.8 Å². The number of unbranched alkanes of at least 4 members (excludes halogenated alkanes) is 3. The van der Waals surface area contributed by atoms with E-state index >= 15 is 0 Å². The van der Waals surface area contributed by atoms with Gasteiger partial charge in [0, 0.05) is 19.3 Å². The van der Waals surface area contributed by atoms with Crippen LogP contribution in [-0.2, 0) is 9.59 Å². The molecule has 2 N–H and O–H groups in total. The molecule has 0 aliphatic heterocycles. The van der Waals surface area contributed by atoms with E-state index in [4.69, 9.17) is 5.73 Å². The molecule has 14 heavy (non-hydrogen) atoms. The summed E-state index contributed by atoms with van der Waals surface area (Å²) >= 11 is 0. The number of carbonyl (C=O) groups excluding carboxylic acids is 2. The van der Waals surface area contributed by atoms with Gasteiger partial charge in [0.2, 0.25) is 5.91 Å². The highest BCUT2D eigenvalue weighted by molar-refractivity contribution is 5.79. The number of hydrogen-bond acceptors (Lipinski definition) is 2. The summed E-state index contributed by atoms with van der Waals surface area (Å²) in [5, 5.41) is 0. The number of nitrogens with two attached hydrogens (primary N) is 1. The molecule has 0 saturated heterocycles. The van der Waals surface area contributed by atoms with Gasteiger partial charge in [-0.3, -0.25) is 9.59 Å². The third-order valence-electron chi connectivity index (χ3n) is 2.19. The van der Waals surface area contributed by atoms with Crippen molar-refractivity contribution in [2.45, 2.75) is 58.3 Å². The monoisotopic (exact) mass is 199 g/mol. The van der Waals surface area contributed by atoms with Crippen LogP contribution in [0.5, 0.6) is 0 Å². The Kier molecular flexibility index (Phi) is 8.19. The molecule has 0 aromatic heterocycles. The SMILES string of the molecule is CCCCCCC(=O)CCCC(N)=O. The number of ketones is 1. The summed E-state index contributed by atoms with van der Waals surface area (Å²) in [6.07, 6.45) is 6.64. The van der Waals surface area contributed by atoms with Crippen LogP contribution >= 0.6 is 0 Å². The first-order valence-electron chi connectivity index (χ1n) is 5.46. The molecule has 0 aromatic carbocycles. The number of carbonyl (C=O) groups is 2. The van der Waals surface area contributed by atoms with E-state index in [-0.39, 0.29) is 11.7 Å². The topological polar surface area (TPSA) is 60.2 Å². The first-order chi connectivity index (χ1) is 6.66. The molecule has 3 nitrogen and oxygen atoms in total. The fourth-order valence-electron chi connectivity index (χ4n) is 1.33. The highest BCUT2D eigenvalue weighted by Crippen LogP contribution is 2.06. The normalized spacial score (nSPS) is 10.1. The van der Waals surface area contributed by atoms with E-state index in [1.807, 2.05) is 0 Å². The molecule has 0 aromatic rings. The lowest BCUT2D eigenvalue weighted by Crippen LogP contribution is -2.10. The van der Waals surface area contributed by atoms with Crippen LogP contribution in [-0.4, -0.2) is 11.7 Å². The van der Waals surface area contributed by atoms with Crippen molar-refractivity contribution in [3.63, 3.8) is 0 Å². The molecule has 82 valence electrons. The minimum absolute atomic E-state index is 0.266. The van der Waals surface area contributed by atoms with Crippen LogP contribution in [0.2, 0.25) is 0 Å². The Hall–Kier alpha value is -0.860. The quantitative estimate of drug-likeness (QED) is 0.578. The number of primary amides is 1. The number of hydrogen-bond donors (Lipinski definition) is 1. The van der Waals surface area contributed by atoms with Gasteiger partial charge in [0.25, 0.3) is 0 Å². The lowest BCUT2D eigenvalue weighted by Gasteiger charge is -1.99. The van der Waals surface area contributed by atoms with Gasteiger partial charge in [-0.15, -0.1) is 0 Å². The van der Waals surface area contributed by atoms with Crippen molar-refractivity contribution in [1.82, 2.24) is 0 Å². The van der Waals surface area contributed by atoms with Crippen LogP contribution in [0.3, 0.4) is 0 Å². The predicted octanol–water partition coefficient (Wildman–Crippen LogP) is 2.18. The molecule has 0 aliphatic carbocycles. The van der Waals surface area contributed by atoms with Gasteiger partial charge in [0.1, 0.15) is 5.78 Å². The number of amides is 1. The van der Waals surface area contributed by atoms with E-state index < -0.39 is 0 Å². The van der Waals surface area contributed by atoms with Crippen molar-refractivity contribution < 1.29 is 9.59 Å². The molecular formula is C11H21NO2. The minimum Gasteiger partial charge on any atom is -0.370 e. The van der Waals surface area contributed by atoms with E-state index in [1.54, 1.807) is 0 Å². The van der Waals surface area contributed by atoms with Crippen LogP contribution in [0.15, 0.2) is 0 Å². The summed E-state index contributed by atoms with van der Waals surface area (Å²) in [5.74, 6) is -0.0499. The number of Topliss-reactive ketones (excluding diaryl/α,β-unsaturated/α-hetero) is 1. The van der Waals surface area contributed by atoms with Crippen molar-refractivity contribution in [2.75, 3.05) is 0 Å². The third kappa shape index (κ3) is 9.23. The molecule has 0 spiro atoms. The average Bonchev–Trinajstić information content (AvgIpc) is 2.12. The van der Waals surface area contributed by atoms with Crippen LogP contribution < -0.4 is 5.73 Å². The van der Waals surface area contributed by atoms with Crippen LogP contribution in [0.4, 0.5) is 0 Å². The minimum atomic E-state index is -0.316. The molecule has 0 aliphatic rings. The van der Waals surface area contributed by atoms with Gasteiger partial charge in [0.15, 0.2) is 0 Å². The summed E-state index contributed by atoms with van der Waals surface area (Å²) in [6, 6.07) is 0. The molecule has 0 radical (unpaired) electrons. The Balaban J connectivity index is 3.24. The van der Waals surface area contributed by atoms with Crippen molar-refractivity contribution in [1.29, 1.82) is 0 Å². The molecule has 0 unspecified atom stereocenters.